The molecule has 4 aliphatic rings. The molecule has 0 aliphatic heterocycles. The van der Waals surface area contributed by atoms with E-state index in [1.54, 1.807) is 7.11 Å². The lowest BCUT2D eigenvalue weighted by Crippen LogP contribution is -2.53. The molecule has 4 aliphatic carbocycles. The molecule has 0 N–H and O–H groups in total. The molecule has 0 aromatic heterocycles. The molecule has 18 heavy (non-hydrogen) atoms. The van der Waals surface area contributed by atoms with E-state index in [0.29, 0.717) is 23.5 Å². The van der Waals surface area contributed by atoms with E-state index in [4.69, 9.17) is 21.1 Å². The Hall–Kier alpha value is -0.380. The van der Waals surface area contributed by atoms with Crippen LogP contribution in [0.15, 0.2) is 12.2 Å². The van der Waals surface area contributed by atoms with Crippen molar-refractivity contribution in [3.8, 4) is 0 Å². The maximum atomic E-state index is 12.0. The van der Waals surface area contributed by atoms with Gasteiger partial charge in [0.25, 0.3) is 0 Å². The van der Waals surface area contributed by atoms with E-state index >= 15 is 0 Å². The Morgan fingerprint density at radius 2 is 2.22 bits per heavy atom. The second-order valence-electron chi connectivity index (χ2n) is 5.64. The fourth-order valence-corrected chi connectivity index (χ4v) is 4.36. The smallest absolute Gasteiger partial charge is 0.146 e. The third-order valence-electron chi connectivity index (χ3n) is 4.77. The first-order valence-corrected chi connectivity index (χ1v) is 7.11. The van der Waals surface area contributed by atoms with Crippen LogP contribution in [0.2, 0.25) is 0 Å². The average molecular weight is 271 g/mol. The molecule has 3 nitrogen and oxygen atoms in total. The van der Waals surface area contributed by atoms with E-state index in [1.165, 1.54) is 0 Å². The van der Waals surface area contributed by atoms with Crippen LogP contribution in [0.4, 0.5) is 0 Å². The number of rotatable bonds is 3. The quantitative estimate of drug-likeness (QED) is 0.449. The highest BCUT2D eigenvalue weighted by atomic mass is 35.5. The molecule has 2 bridgehead atoms. The first-order valence-electron chi connectivity index (χ1n) is 6.68. The summed E-state index contributed by atoms with van der Waals surface area (Å²) in [5.41, 5.74) is 0. The number of fused-ring (bicyclic) bond motifs is 2. The second-order valence-corrected chi connectivity index (χ2v) is 6.14. The number of allylic oxidation sites excluding steroid dienone is 1. The number of carbonyl (C=O) groups is 1. The summed E-state index contributed by atoms with van der Waals surface area (Å²) in [7, 11) is 1.62. The molecular weight excluding hydrogens is 252 g/mol. The van der Waals surface area contributed by atoms with Crippen molar-refractivity contribution < 1.29 is 14.3 Å². The van der Waals surface area contributed by atoms with E-state index in [-0.39, 0.29) is 24.2 Å². The molecule has 4 rings (SSSR count). The van der Waals surface area contributed by atoms with Crippen LogP contribution in [0.5, 0.6) is 0 Å². The molecule has 100 valence electrons. The van der Waals surface area contributed by atoms with Gasteiger partial charge in [-0.1, -0.05) is 12.2 Å². The normalized spacial score (nSPS) is 46.2. The standard InChI is InChI=1S/C14H19ClO3/c1-17-7-18-14-11(15)5-4-10-9-3-2-8(13(10)14)6-12(9)16/h4-5,8-11,13-14H,2-3,6-7H2,1H3/t8-,9-,10-,11+,13+,14-/m0/s1. The largest absolute Gasteiger partial charge is 0.359 e. The Balaban J connectivity index is 1.85. The van der Waals surface area contributed by atoms with Crippen molar-refractivity contribution in [1.29, 1.82) is 0 Å². The third kappa shape index (κ3) is 1.93. The highest BCUT2D eigenvalue weighted by Crippen LogP contribution is 2.52. The van der Waals surface area contributed by atoms with E-state index in [0.717, 1.165) is 19.3 Å². The van der Waals surface area contributed by atoms with Crippen molar-refractivity contribution in [2.45, 2.75) is 30.7 Å². The lowest BCUT2D eigenvalue weighted by molar-refractivity contribution is -0.150. The first-order chi connectivity index (χ1) is 8.72. The van der Waals surface area contributed by atoms with Gasteiger partial charge in [0.1, 0.15) is 12.6 Å². The molecule has 0 aromatic carbocycles. The molecule has 0 spiro atoms. The van der Waals surface area contributed by atoms with Crippen LogP contribution in [0.1, 0.15) is 19.3 Å². The Labute approximate surface area is 112 Å². The zero-order valence-corrected chi connectivity index (χ0v) is 11.3. The summed E-state index contributed by atoms with van der Waals surface area (Å²) < 4.78 is 10.8. The third-order valence-corrected chi connectivity index (χ3v) is 5.16. The number of alkyl halides is 1. The van der Waals surface area contributed by atoms with Crippen LogP contribution in [-0.4, -0.2) is 31.2 Å². The molecule has 0 heterocycles. The highest BCUT2D eigenvalue weighted by Gasteiger charge is 2.52. The minimum absolute atomic E-state index is 0.0116. The van der Waals surface area contributed by atoms with Gasteiger partial charge >= 0.3 is 0 Å². The molecular formula is C14H19ClO3. The van der Waals surface area contributed by atoms with Gasteiger partial charge < -0.3 is 9.47 Å². The number of hydrogen-bond donors (Lipinski definition) is 0. The van der Waals surface area contributed by atoms with Gasteiger partial charge in [0.2, 0.25) is 0 Å². The monoisotopic (exact) mass is 270 g/mol. The number of ether oxygens (including phenoxy) is 2. The van der Waals surface area contributed by atoms with Gasteiger partial charge in [0.15, 0.2) is 0 Å². The van der Waals surface area contributed by atoms with Crippen molar-refractivity contribution in [3.63, 3.8) is 0 Å². The molecule has 0 radical (unpaired) electrons. The zero-order valence-electron chi connectivity index (χ0n) is 10.5. The maximum absolute atomic E-state index is 12.0. The summed E-state index contributed by atoms with van der Waals surface area (Å²) in [6, 6.07) is 0. The molecule has 0 saturated heterocycles. The molecule has 0 unspecified atom stereocenters. The Bertz CT molecular complexity index is 368. The second kappa shape index (κ2) is 4.95. The number of hydrogen-bond acceptors (Lipinski definition) is 3. The van der Waals surface area contributed by atoms with Crippen molar-refractivity contribution in [2.24, 2.45) is 23.7 Å². The Morgan fingerprint density at radius 3 is 2.94 bits per heavy atom. The lowest BCUT2D eigenvalue weighted by atomic mass is 9.55. The fraction of sp³-hybridized carbons (Fsp3) is 0.786. The minimum Gasteiger partial charge on any atom is -0.359 e. The molecule has 3 saturated carbocycles. The van der Waals surface area contributed by atoms with Crippen molar-refractivity contribution in [3.05, 3.63) is 12.2 Å². The predicted octanol–water partition coefficient (Wildman–Crippen LogP) is 2.38. The summed E-state index contributed by atoms with van der Waals surface area (Å²) >= 11 is 6.36. The minimum atomic E-state index is -0.101. The first kappa shape index (κ1) is 12.6. The molecule has 0 amide bonds. The number of carbonyl (C=O) groups excluding carboxylic acids is 1. The van der Waals surface area contributed by atoms with Gasteiger partial charge in [-0.3, -0.25) is 4.79 Å². The molecule has 0 aromatic rings. The predicted molar refractivity (Wildman–Crippen MR) is 68.3 cm³/mol. The van der Waals surface area contributed by atoms with Crippen molar-refractivity contribution >= 4 is 17.4 Å². The number of methoxy groups -OCH3 is 1. The van der Waals surface area contributed by atoms with Crippen molar-refractivity contribution in [1.82, 2.24) is 0 Å². The van der Waals surface area contributed by atoms with Crippen LogP contribution in [-0.2, 0) is 14.3 Å². The van der Waals surface area contributed by atoms with Crippen LogP contribution < -0.4 is 0 Å². The summed E-state index contributed by atoms with van der Waals surface area (Å²) in [6.45, 7) is 0.274. The fourth-order valence-electron chi connectivity index (χ4n) is 4.04. The van der Waals surface area contributed by atoms with Gasteiger partial charge in [-0.25, -0.2) is 0 Å². The number of ketones is 1. The van der Waals surface area contributed by atoms with E-state index in [9.17, 15) is 4.79 Å². The SMILES string of the molecule is COCO[C@@H]1[C@@H]2[C@H]3CC[C@H](C(=O)C3)[C@@H]2C=C[C@H]1Cl. The van der Waals surface area contributed by atoms with Crippen LogP contribution in [0, 0.1) is 23.7 Å². The van der Waals surface area contributed by atoms with Crippen molar-refractivity contribution in [2.75, 3.05) is 13.9 Å². The van der Waals surface area contributed by atoms with E-state index < -0.39 is 0 Å². The van der Waals surface area contributed by atoms with Gasteiger partial charge in [-0.05, 0) is 30.6 Å². The lowest BCUT2D eigenvalue weighted by Gasteiger charge is -2.51. The summed E-state index contributed by atoms with van der Waals surface area (Å²) in [6.07, 6.45) is 7.04. The van der Waals surface area contributed by atoms with Crippen LogP contribution in [0.3, 0.4) is 0 Å². The van der Waals surface area contributed by atoms with E-state index in [2.05, 4.69) is 6.08 Å². The Kier molecular flexibility index (Phi) is 3.48. The summed E-state index contributed by atoms with van der Waals surface area (Å²) in [5.74, 6) is 1.82. The number of Topliss-reactive ketones (excluding diaryl/α,β-unsaturated/α-hetero) is 1. The van der Waals surface area contributed by atoms with Crippen LogP contribution >= 0.6 is 11.6 Å². The summed E-state index contributed by atoms with van der Waals surface area (Å²) in [4.78, 5) is 12.0. The van der Waals surface area contributed by atoms with Gasteiger partial charge in [-0.2, -0.15) is 0 Å². The van der Waals surface area contributed by atoms with Crippen LogP contribution in [0.25, 0.3) is 0 Å². The highest BCUT2D eigenvalue weighted by molar-refractivity contribution is 6.22. The van der Waals surface area contributed by atoms with Gasteiger partial charge in [-0.15, -0.1) is 11.6 Å². The molecule has 4 heteroatoms. The van der Waals surface area contributed by atoms with E-state index in [1.807, 2.05) is 6.08 Å². The summed E-state index contributed by atoms with van der Waals surface area (Å²) in [5, 5.41) is -0.101. The Morgan fingerprint density at radius 1 is 1.39 bits per heavy atom. The number of halogens is 1. The topological polar surface area (TPSA) is 35.5 Å². The maximum Gasteiger partial charge on any atom is 0.146 e. The molecule has 6 atom stereocenters. The average Bonchev–Trinajstić information content (AvgIpc) is 2.38. The zero-order chi connectivity index (χ0) is 12.7. The van der Waals surface area contributed by atoms with Gasteiger partial charge in [0.05, 0.1) is 11.5 Å². The van der Waals surface area contributed by atoms with Gasteiger partial charge in [0, 0.05) is 19.4 Å². The molecule has 3 fully saturated rings.